The zero-order chi connectivity index (χ0) is 23.7. The third-order valence-electron chi connectivity index (χ3n) is 6.05. The van der Waals surface area contributed by atoms with E-state index in [0.717, 1.165) is 23.4 Å². The number of rotatable bonds is 6. The van der Waals surface area contributed by atoms with Crippen molar-refractivity contribution in [2.75, 3.05) is 34.0 Å². The molecule has 2 aliphatic heterocycles. The van der Waals surface area contributed by atoms with E-state index in [1.165, 1.54) is 28.7 Å². The molecular weight excluding hydrogens is 470 g/mol. The molecule has 2 aromatic carbocycles. The van der Waals surface area contributed by atoms with Gasteiger partial charge in [0.05, 0.1) is 11.7 Å². The van der Waals surface area contributed by atoms with Crippen LogP contribution in [0.15, 0.2) is 52.9 Å². The number of anilines is 3. The molecule has 10 heteroatoms. The Balaban J connectivity index is 1.15. The Morgan fingerprint density at radius 1 is 1.12 bits per heavy atom. The minimum absolute atomic E-state index is 0.0245. The molecule has 0 bridgehead atoms. The van der Waals surface area contributed by atoms with Crippen LogP contribution in [0.1, 0.15) is 17.5 Å². The molecule has 0 spiro atoms. The summed E-state index contributed by atoms with van der Waals surface area (Å²) in [6.45, 7) is 2.97. The van der Waals surface area contributed by atoms with Crippen molar-refractivity contribution in [2.24, 2.45) is 5.92 Å². The van der Waals surface area contributed by atoms with Crippen LogP contribution in [-0.4, -0.2) is 46.8 Å². The molecule has 1 atom stereocenters. The number of hydrogen-bond donors (Lipinski definition) is 1. The number of fused-ring (bicyclic) bond motifs is 1. The largest absolute Gasteiger partial charge is 0.311 e. The molecule has 1 fully saturated rings. The van der Waals surface area contributed by atoms with E-state index >= 15 is 0 Å². The fourth-order valence-corrected chi connectivity index (χ4v) is 5.94. The Morgan fingerprint density at radius 2 is 1.88 bits per heavy atom. The third-order valence-corrected chi connectivity index (χ3v) is 8.00. The number of thioether (sulfide) groups is 1. The minimum Gasteiger partial charge on any atom is -0.311 e. The van der Waals surface area contributed by atoms with Gasteiger partial charge in [-0.25, -0.2) is 0 Å². The zero-order valence-electron chi connectivity index (χ0n) is 18.6. The summed E-state index contributed by atoms with van der Waals surface area (Å²) in [5.41, 5.74) is 4.00. The van der Waals surface area contributed by atoms with Gasteiger partial charge < -0.3 is 15.1 Å². The van der Waals surface area contributed by atoms with Gasteiger partial charge >= 0.3 is 0 Å². The van der Waals surface area contributed by atoms with Crippen LogP contribution in [0.5, 0.6) is 0 Å². The maximum atomic E-state index is 12.8. The van der Waals surface area contributed by atoms with Gasteiger partial charge in [0.1, 0.15) is 0 Å². The molecule has 3 amide bonds. The number of aryl methyl sites for hydroxylation is 1. The molecule has 2 aliphatic rings. The Bertz CT molecular complexity index is 1260. The van der Waals surface area contributed by atoms with Crippen LogP contribution in [0.2, 0.25) is 0 Å². The SMILES string of the molecule is Cc1ccccc1N1C[C@H](C(=O)Nc2nnc(SCC(=O)N3CCc4ccccc43)s2)CC1=O. The van der Waals surface area contributed by atoms with E-state index in [1.54, 1.807) is 4.90 Å². The first-order valence-electron chi connectivity index (χ1n) is 11.0. The lowest BCUT2D eigenvalue weighted by molar-refractivity contribution is -0.122. The summed E-state index contributed by atoms with van der Waals surface area (Å²) >= 11 is 2.54. The van der Waals surface area contributed by atoms with Gasteiger partial charge in [-0.05, 0) is 36.6 Å². The molecule has 5 rings (SSSR count). The summed E-state index contributed by atoms with van der Waals surface area (Å²) in [6, 6.07) is 15.6. The summed E-state index contributed by atoms with van der Waals surface area (Å²) in [4.78, 5) is 41.5. The summed E-state index contributed by atoms with van der Waals surface area (Å²) in [7, 11) is 0. The number of para-hydroxylation sites is 2. The van der Waals surface area contributed by atoms with Crippen LogP contribution in [0.4, 0.5) is 16.5 Å². The molecule has 3 heterocycles. The number of carbonyl (C=O) groups is 3. The summed E-state index contributed by atoms with van der Waals surface area (Å²) in [5.74, 6) is -0.494. The molecule has 174 valence electrons. The first-order chi connectivity index (χ1) is 16.5. The van der Waals surface area contributed by atoms with Gasteiger partial charge in [0.15, 0.2) is 4.34 Å². The number of carbonyl (C=O) groups excluding carboxylic acids is 3. The molecular formula is C24H23N5O3S2. The maximum Gasteiger partial charge on any atom is 0.237 e. The van der Waals surface area contributed by atoms with Gasteiger partial charge in [-0.1, -0.05) is 59.5 Å². The quantitative estimate of drug-likeness (QED) is 0.417. The molecule has 8 nitrogen and oxygen atoms in total. The topological polar surface area (TPSA) is 95.5 Å². The average molecular weight is 494 g/mol. The van der Waals surface area contributed by atoms with E-state index in [0.29, 0.717) is 22.6 Å². The van der Waals surface area contributed by atoms with Crippen molar-refractivity contribution in [1.29, 1.82) is 0 Å². The molecule has 34 heavy (non-hydrogen) atoms. The molecule has 0 aliphatic carbocycles. The van der Waals surface area contributed by atoms with Gasteiger partial charge in [-0.2, -0.15) is 0 Å². The monoisotopic (exact) mass is 493 g/mol. The van der Waals surface area contributed by atoms with E-state index in [2.05, 4.69) is 15.5 Å². The van der Waals surface area contributed by atoms with Crippen LogP contribution >= 0.6 is 23.1 Å². The molecule has 0 radical (unpaired) electrons. The van der Waals surface area contributed by atoms with Crippen molar-refractivity contribution in [3.05, 3.63) is 59.7 Å². The molecule has 3 aromatic rings. The maximum absolute atomic E-state index is 12.8. The van der Waals surface area contributed by atoms with Crippen molar-refractivity contribution in [3.8, 4) is 0 Å². The van der Waals surface area contributed by atoms with Crippen molar-refractivity contribution < 1.29 is 14.4 Å². The Kier molecular flexibility index (Phi) is 6.34. The standard InChI is InChI=1S/C24H23N5O3S2/c1-15-6-2-4-8-18(15)29-13-17(12-20(29)30)22(32)25-23-26-27-24(34-23)33-14-21(31)28-11-10-16-7-3-5-9-19(16)28/h2-9,17H,10-14H2,1H3,(H,25,26,32)/t17-/m1/s1. The fourth-order valence-electron chi connectivity index (χ4n) is 4.31. The van der Waals surface area contributed by atoms with Crippen molar-refractivity contribution in [3.63, 3.8) is 0 Å². The highest BCUT2D eigenvalue weighted by atomic mass is 32.2. The van der Waals surface area contributed by atoms with Gasteiger partial charge in [0, 0.05) is 30.9 Å². The average Bonchev–Trinajstić information content (AvgIpc) is 3.56. The van der Waals surface area contributed by atoms with E-state index < -0.39 is 5.92 Å². The van der Waals surface area contributed by atoms with Gasteiger partial charge in [0.2, 0.25) is 22.9 Å². The highest BCUT2D eigenvalue weighted by Crippen LogP contribution is 2.32. The van der Waals surface area contributed by atoms with E-state index in [1.807, 2.05) is 60.4 Å². The van der Waals surface area contributed by atoms with Crippen LogP contribution in [0.25, 0.3) is 0 Å². The molecule has 1 N–H and O–H groups in total. The molecule has 0 saturated carbocycles. The number of nitrogens with one attached hydrogen (secondary N) is 1. The predicted octanol–water partition coefficient (Wildman–Crippen LogP) is 3.52. The highest BCUT2D eigenvalue weighted by Gasteiger charge is 2.36. The second kappa shape index (κ2) is 9.55. The zero-order valence-corrected chi connectivity index (χ0v) is 20.2. The number of hydrogen-bond acceptors (Lipinski definition) is 7. The molecule has 0 unspecified atom stereocenters. The summed E-state index contributed by atoms with van der Waals surface area (Å²) in [6.07, 6.45) is 1.03. The van der Waals surface area contributed by atoms with E-state index in [-0.39, 0.29) is 29.9 Å². The fraction of sp³-hybridized carbons (Fsp3) is 0.292. The van der Waals surface area contributed by atoms with Gasteiger partial charge in [-0.15, -0.1) is 10.2 Å². The van der Waals surface area contributed by atoms with Crippen LogP contribution < -0.4 is 15.1 Å². The minimum atomic E-state index is -0.455. The Labute approximate surface area is 205 Å². The van der Waals surface area contributed by atoms with E-state index in [4.69, 9.17) is 0 Å². The normalized spacial score (nSPS) is 17.2. The van der Waals surface area contributed by atoms with Crippen LogP contribution in [0.3, 0.4) is 0 Å². The number of benzene rings is 2. The highest BCUT2D eigenvalue weighted by molar-refractivity contribution is 8.01. The lowest BCUT2D eigenvalue weighted by atomic mass is 10.1. The van der Waals surface area contributed by atoms with Crippen molar-refractivity contribution >= 4 is 57.3 Å². The second-order valence-corrected chi connectivity index (χ2v) is 10.5. The number of nitrogens with zero attached hydrogens (tertiary/aromatic N) is 4. The number of amides is 3. The molecule has 1 aromatic heterocycles. The Morgan fingerprint density at radius 3 is 2.71 bits per heavy atom. The van der Waals surface area contributed by atoms with Gasteiger partial charge in [0.25, 0.3) is 0 Å². The molecule has 1 saturated heterocycles. The lowest BCUT2D eigenvalue weighted by Gasteiger charge is -2.18. The first kappa shape index (κ1) is 22.5. The smallest absolute Gasteiger partial charge is 0.237 e. The second-order valence-electron chi connectivity index (χ2n) is 8.27. The predicted molar refractivity (Wildman–Crippen MR) is 133 cm³/mol. The van der Waals surface area contributed by atoms with Crippen LogP contribution in [0, 0.1) is 12.8 Å². The van der Waals surface area contributed by atoms with Gasteiger partial charge in [-0.3, -0.25) is 14.4 Å². The van der Waals surface area contributed by atoms with Crippen LogP contribution in [-0.2, 0) is 20.8 Å². The Hall–Kier alpha value is -3.24. The third kappa shape index (κ3) is 4.55. The van der Waals surface area contributed by atoms with Crippen molar-refractivity contribution in [1.82, 2.24) is 10.2 Å². The van der Waals surface area contributed by atoms with Crippen molar-refractivity contribution in [2.45, 2.75) is 24.1 Å². The number of aromatic nitrogens is 2. The summed E-state index contributed by atoms with van der Waals surface area (Å²) in [5, 5.41) is 11.3. The van der Waals surface area contributed by atoms with E-state index in [9.17, 15) is 14.4 Å². The summed E-state index contributed by atoms with van der Waals surface area (Å²) < 4.78 is 0.611. The lowest BCUT2D eigenvalue weighted by Crippen LogP contribution is -2.30. The first-order valence-corrected chi connectivity index (χ1v) is 12.8.